The van der Waals surface area contributed by atoms with Crippen molar-refractivity contribution in [2.45, 2.75) is 95.8 Å². The number of unbranched alkanes of at least 4 members (excludes halogenated alkanes) is 2. The Balaban J connectivity index is 5.63. The summed E-state index contributed by atoms with van der Waals surface area (Å²) in [5.41, 5.74) is 27.8. The summed E-state index contributed by atoms with van der Waals surface area (Å²) in [5, 5.41) is 17.5. The summed E-state index contributed by atoms with van der Waals surface area (Å²) in [6.07, 6.45) is 4.28. The van der Waals surface area contributed by atoms with Crippen LogP contribution in [0.4, 0.5) is 0 Å². The van der Waals surface area contributed by atoms with Gasteiger partial charge < -0.3 is 49.7 Å². The molecule has 5 unspecified atom stereocenters. The first-order valence-corrected chi connectivity index (χ1v) is 13.3. The molecule has 0 rings (SSSR count). The number of carboxylic acid groups (broad SMARTS) is 1. The van der Waals surface area contributed by atoms with Crippen LogP contribution in [0.25, 0.3) is 0 Å². The van der Waals surface area contributed by atoms with Gasteiger partial charge in [0, 0.05) is 6.54 Å². The van der Waals surface area contributed by atoms with Gasteiger partial charge >= 0.3 is 5.97 Å². The summed E-state index contributed by atoms with van der Waals surface area (Å²) in [6, 6.07) is -3.96. The third kappa shape index (κ3) is 14.7. The maximum absolute atomic E-state index is 13.3. The van der Waals surface area contributed by atoms with Crippen LogP contribution in [0.5, 0.6) is 0 Å². The van der Waals surface area contributed by atoms with Gasteiger partial charge in [-0.2, -0.15) is 0 Å². The first-order valence-electron chi connectivity index (χ1n) is 13.3. The number of nitrogens with zero attached hydrogens (tertiary/aromatic N) is 1. The second-order valence-corrected chi connectivity index (χ2v) is 9.46. The highest BCUT2D eigenvalue weighted by Crippen LogP contribution is 2.10. The molecule has 0 fully saturated rings. The Kier molecular flexibility index (Phi) is 18.5. The van der Waals surface area contributed by atoms with Crippen molar-refractivity contribution in [2.24, 2.45) is 39.6 Å². The molecule has 5 atom stereocenters. The number of nitrogens with two attached hydrogens (primary N) is 5. The zero-order valence-electron chi connectivity index (χ0n) is 22.8. The number of aliphatic carboxylic acids is 1. The maximum atomic E-state index is 13.3. The molecule has 14 nitrogen and oxygen atoms in total. The van der Waals surface area contributed by atoms with Crippen molar-refractivity contribution in [1.82, 2.24) is 16.0 Å². The lowest BCUT2D eigenvalue weighted by Crippen LogP contribution is -2.57. The fourth-order valence-electron chi connectivity index (χ4n) is 3.66. The minimum atomic E-state index is -1.16. The lowest BCUT2D eigenvalue weighted by atomic mass is 9.98. The van der Waals surface area contributed by atoms with Crippen molar-refractivity contribution in [3.05, 3.63) is 0 Å². The van der Waals surface area contributed by atoms with Crippen molar-refractivity contribution >= 4 is 29.7 Å². The largest absolute Gasteiger partial charge is 0.480 e. The topological polar surface area (TPSA) is 267 Å². The number of aliphatic imine (C=N–C) groups is 1. The van der Waals surface area contributed by atoms with Crippen LogP contribution in [0.15, 0.2) is 4.99 Å². The van der Waals surface area contributed by atoms with Gasteiger partial charge in [0.2, 0.25) is 17.7 Å². The molecule has 3 amide bonds. The standard InChI is InChI=1S/C24H49N9O5/c1-3-15(2)19(23(37)38)33-22(36)17(10-5-7-13-26)32-21(35)18(11-8-14-30-24(28)29)31-20(34)16(27)9-4-6-12-25/h15-19H,3-14,25-27H2,1-2H3,(H,31,34)(H,32,35)(H,33,36)(H,37,38)(H4,28,29,30). The van der Waals surface area contributed by atoms with Crippen LogP contribution in [-0.4, -0.2) is 78.6 Å². The smallest absolute Gasteiger partial charge is 0.326 e. The molecule has 0 radical (unpaired) electrons. The van der Waals surface area contributed by atoms with E-state index >= 15 is 0 Å². The fourth-order valence-corrected chi connectivity index (χ4v) is 3.66. The lowest BCUT2D eigenvalue weighted by molar-refractivity contribution is -0.144. The van der Waals surface area contributed by atoms with E-state index in [9.17, 15) is 24.3 Å². The van der Waals surface area contributed by atoms with Gasteiger partial charge in [0.15, 0.2) is 5.96 Å². The predicted octanol–water partition coefficient (Wildman–Crippen LogP) is -1.79. The molecule has 220 valence electrons. The Hall–Kier alpha value is -2.97. The molecule has 38 heavy (non-hydrogen) atoms. The van der Waals surface area contributed by atoms with E-state index in [2.05, 4.69) is 20.9 Å². The van der Waals surface area contributed by atoms with E-state index in [1.807, 2.05) is 6.92 Å². The van der Waals surface area contributed by atoms with E-state index in [1.165, 1.54) is 0 Å². The van der Waals surface area contributed by atoms with Gasteiger partial charge in [0.05, 0.1) is 6.04 Å². The Labute approximate surface area is 225 Å². The summed E-state index contributed by atoms with van der Waals surface area (Å²) in [7, 11) is 0. The van der Waals surface area contributed by atoms with Crippen LogP contribution in [0.2, 0.25) is 0 Å². The van der Waals surface area contributed by atoms with E-state index < -0.39 is 47.9 Å². The van der Waals surface area contributed by atoms with Crippen molar-refractivity contribution < 1.29 is 24.3 Å². The first kappa shape index (κ1) is 35.0. The summed E-state index contributed by atoms with van der Waals surface area (Å²) in [5.74, 6) is -3.29. The third-order valence-corrected chi connectivity index (χ3v) is 6.24. The Morgan fingerprint density at radius 1 is 0.789 bits per heavy atom. The molecule has 0 aliphatic carbocycles. The van der Waals surface area contributed by atoms with Gasteiger partial charge in [-0.15, -0.1) is 0 Å². The Morgan fingerprint density at radius 3 is 1.79 bits per heavy atom. The monoisotopic (exact) mass is 543 g/mol. The number of nitrogens with one attached hydrogen (secondary N) is 3. The number of hydrogen-bond donors (Lipinski definition) is 9. The van der Waals surface area contributed by atoms with Gasteiger partial charge in [-0.25, -0.2) is 4.79 Å². The quantitative estimate of drug-likeness (QED) is 0.0445. The predicted molar refractivity (Wildman–Crippen MR) is 147 cm³/mol. The zero-order chi connectivity index (χ0) is 29.1. The van der Waals surface area contributed by atoms with Gasteiger partial charge in [0.1, 0.15) is 18.1 Å². The minimum absolute atomic E-state index is 0.0945. The average Bonchev–Trinajstić information content (AvgIpc) is 2.87. The van der Waals surface area contributed by atoms with Crippen LogP contribution < -0.4 is 44.6 Å². The SMILES string of the molecule is CCC(C)C(NC(=O)C(CCCCN)NC(=O)C(CCCN=C(N)N)NC(=O)C(N)CCCCN)C(=O)O. The van der Waals surface area contributed by atoms with Gasteiger partial charge in [-0.3, -0.25) is 19.4 Å². The van der Waals surface area contributed by atoms with Crippen LogP contribution >= 0.6 is 0 Å². The molecule has 0 bridgehead atoms. The number of carbonyl (C=O) groups is 4. The van der Waals surface area contributed by atoms with Crippen molar-refractivity contribution in [1.29, 1.82) is 0 Å². The van der Waals surface area contributed by atoms with Crippen molar-refractivity contribution in [2.75, 3.05) is 19.6 Å². The number of rotatable bonds is 21. The van der Waals surface area contributed by atoms with Gasteiger partial charge in [0.25, 0.3) is 0 Å². The third-order valence-electron chi connectivity index (χ3n) is 6.24. The molecule has 0 heterocycles. The summed E-state index contributed by atoms with van der Waals surface area (Å²) in [4.78, 5) is 54.6. The number of amides is 3. The summed E-state index contributed by atoms with van der Waals surface area (Å²) >= 11 is 0. The van der Waals surface area contributed by atoms with E-state index in [0.717, 1.165) is 6.42 Å². The lowest BCUT2D eigenvalue weighted by Gasteiger charge is -2.26. The molecule has 0 aliphatic heterocycles. The first-order chi connectivity index (χ1) is 18.0. The molecule has 0 aromatic carbocycles. The highest BCUT2D eigenvalue weighted by atomic mass is 16.4. The minimum Gasteiger partial charge on any atom is -0.480 e. The average molecular weight is 544 g/mol. The molecule has 14 heteroatoms. The van der Waals surface area contributed by atoms with Crippen LogP contribution in [0.1, 0.15) is 71.6 Å². The molecule has 14 N–H and O–H groups in total. The molecule has 0 spiro atoms. The van der Waals surface area contributed by atoms with Crippen molar-refractivity contribution in [3.63, 3.8) is 0 Å². The molecular formula is C24H49N9O5. The fraction of sp³-hybridized carbons (Fsp3) is 0.792. The second-order valence-electron chi connectivity index (χ2n) is 9.46. The zero-order valence-corrected chi connectivity index (χ0v) is 22.8. The van der Waals surface area contributed by atoms with Crippen LogP contribution in [-0.2, 0) is 19.2 Å². The molecule has 0 saturated heterocycles. The molecule has 0 saturated carbocycles. The highest BCUT2D eigenvalue weighted by molar-refractivity contribution is 5.94. The number of carbonyl (C=O) groups excluding carboxylic acids is 3. The Morgan fingerprint density at radius 2 is 1.29 bits per heavy atom. The van der Waals surface area contributed by atoms with E-state index in [4.69, 9.17) is 28.7 Å². The number of guanidine groups is 1. The van der Waals surface area contributed by atoms with E-state index in [0.29, 0.717) is 51.6 Å². The Bertz CT molecular complexity index is 762. The van der Waals surface area contributed by atoms with Gasteiger partial charge in [-0.05, 0) is 64.0 Å². The highest BCUT2D eigenvalue weighted by Gasteiger charge is 2.31. The maximum Gasteiger partial charge on any atom is 0.326 e. The van der Waals surface area contributed by atoms with E-state index in [1.54, 1.807) is 6.92 Å². The van der Waals surface area contributed by atoms with Gasteiger partial charge in [-0.1, -0.05) is 26.7 Å². The summed E-state index contributed by atoms with van der Waals surface area (Å²) in [6.45, 7) is 4.67. The molecule has 0 aliphatic rings. The van der Waals surface area contributed by atoms with Crippen LogP contribution in [0.3, 0.4) is 0 Å². The normalized spacial score (nSPS) is 14.9. The number of hydrogen-bond acceptors (Lipinski definition) is 8. The second kappa shape index (κ2) is 20.1. The van der Waals surface area contributed by atoms with Crippen LogP contribution in [0, 0.1) is 5.92 Å². The van der Waals surface area contributed by atoms with Crippen molar-refractivity contribution in [3.8, 4) is 0 Å². The summed E-state index contributed by atoms with van der Waals surface area (Å²) < 4.78 is 0. The molecule has 0 aromatic rings. The van der Waals surface area contributed by atoms with E-state index in [-0.39, 0.29) is 31.3 Å². The molecular weight excluding hydrogens is 494 g/mol. The molecule has 0 aromatic heterocycles. The number of carboxylic acids is 1.